The molecule has 0 nitrogen and oxygen atoms in total. The van der Waals surface area contributed by atoms with E-state index >= 15 is 0 Å². The molecule has 0 aliphatic carbocycles. The zero-order valence-electron chi connectivity index (χ0n) is 25.3. The summed E-state index contributed by atoms with van der Waals surface area (Å²) in [5.41, 5.74) is 8.42. The van der Waals surface area contributed by atoms with Crippen LogP contribution < -0.4 is 0 Å². The minimum absolute atomic E-state index is 0. The number of hydrogen-bond donors (Lipinski definition) is 0. The van der Waals surface area contributed by atoms with Crippen molar-refractivity contribution < 1.29 is 0 Å². The van der Waals surface area contributed by atoms with Crippen LogP contribution in [0.3, 0.4) is 0 Å². The largest absolute Gasteiger partial charge is 0.0814 e. The van der Waals surface area contributed by atoms with Crippen molar-refractivity contribution in [2.75, 3.05) is 0 Å². The molecule has 0 fully saturated rings. The highest BCUT2D eigenvalue weighted by molar-refractivity contribution is 5.49. The van der Waals surface area contributed by atoms with E-state index in [0.717, 1.165) is 12.8 Å². The van der Waals surface area contributed by atoms with E-state index in [-0.39, 0.29) is 7.43 Å². The van der Waals surface area contributed by atoms with Gasteiger partial charge < -0.3 is 0 Å². The van der Waals surface area contributed by atoms with Crippen LogP contribution in [-0.4, -0.2) is 0 Å². The van der Waals surface area contributed by atoms with Gasteiger partial charge in [0.2, 0.25) is 0 Å². The van der Waals surface area contributed by atoms with Gasteiger partial charge in [0.25, 0.3) is 0 Å². The third-order valence-electron chi connectivity index (χ3n) is 4.46. The summed E-state index contributed by atoms with van der Waals surface area (Å²) in [7, 11) is 0. The lowest BCUT2D eigenvalue weighted by atomic mass is 10.00. The van der Waals surface area contributed by atoms with Gasteiger partial charge in [0.15, 0.2) is 0 Å². The van der Waals surface area contributed by atoms with Gasteiger partial charge in [0, 0.05) is 0 Å². The van der Waals surface area contributed by atoms with Crippen molar-refractivity contribution in [1.82, 2.24) is 0 Å². The van der Waals surface area contributed by atoms with Crippen LogP contribution in [0.5, 0.6) is 0 Å². The van der Waals surface area contributed by atoms with Gasteiger partial charge in [-0.3, -0.25) is 0 Å². The summed E-state index contributed by atoms with van der Waals surface area (Å²) >= 11 is 0. The van der Waals surface area contributed by atoms with Crippen molar-refractivity contribution in [3.05, 3.63) is 75.9 Å². The second-order valence-corrected chi connectivity index (χ2v) is 7.61. The minimum Gasteiger partial charge on any atom is -0.0814 e. The molecular weight excluding hydrogens is 408 g/mol. The van der Waals surface area contributed by atoms with Gasteiger partial charge >= 0.3 is 0 Å². The molecule has 0 saturated carbocycles. The molecule has 0 aliphatic heterocycles. The summed E-state index contributed by atoms with van der Waals surface area (Å²) < 4.78 is 0. The van der Waals surface area contributed by atoms with Gasteiger partial charge in [-0.2, -0.15) is 0 Å². The van der Waals surface area contributed by atoms with Crippen LogP contribution in [0.4, 0.5) is 0 Å². The first-order valence-electron chi connectivity index (χ1n) is 13.6. The Morgan fingerprint density at radius 2 is 1.00 bits per heavy atom. The molecule has 0 radical (unpaired) electrons. The van der Waals surface area contributed by atoms with Gasteiger partial charge in [0.1, 0.15) is 0 Å². The lowest BCUT2D eigenvalue weighted by molar-refractivity contribution is 0.836. The molecule has 0 aromatic heterocycles. The first-order valence-corrected chi connectivity index (χ1v) is 13.6. The van der Waals surface area contributed by atoms with Crippen LogP contribution in [0.2, 0.25) is 0 Å². The molecule has 0 unspecified atom stereocenters. The maximum Gasteiger partial charge on any atom is -0.0260 e. The maximum absolute atomic E-state index is 2.28. The van der Waals surface area contributed by atoms with Gasteiger partial charge in [-0.25, -0.2) is 0 Å². The zero-order chi connectivity index (χ0) is 26.8. The molecule has 0 bridgehead atoms. The molecule has 0 heteroatoms. The molecule has 0 spiro atoms. The van der Waals surface area contributed by atoms with Crippen LogP contribution >= 0.6 is 0 Å². The molecule has 200 valence electrons. The molecular formula is C34H64. The molecule has 0 aliphatic rings. The first kappa shape index (κ1) is 42.3. The molecule has 0 N–H and O–H groups in total. The number of allylic oxidation sites excluding steroid dienone is 1. The summed E-state index contributed by atoms with van der Waals surface area (Å²) in [6.45, 7) is 31.6. The monoisotopic (exact) mass is 473 g/mol. The van der Waals surface area contributed by atoms with Crippen molar-refractivity contribution in [3.8, 4) is 0 Å². The molecule has 2 rings (SSSR count). The normalized spacial score (nSPS) is 8.71. The predicted octanol–water partition coefficient (Wildman–Crippen LogP) is 12.2. The van der Waals surface area contributed by atoms with Crippen molar-refractivity contribution in [1.29, 1.82) is 0 Å². The quantitative estimate of drug-likeness (QED) is 0.415. The Labute approximate surface area is 218 Å². The van der Waals surface area contributed by atoms with E-state index in [9.17, 15) is 0 Å². The van der Waals surface area contributed by atoms with Crippen molar-refractivity contribution in [3.63, 3.8) is 0 Å². The lowest BCUT2D eigenvalue weighted by Gasteiger charge is -2.06. The topological polar surface area (TPSA) is 0 Å². The summed E-state index contributed by atoms with van der Waals surface area (Å²) in [5, 5.41) is 0. The van der Waals surface area contributed by atoms with E-state index in [4.69, 9.17) is 0 Å². The van der Waals surface area contributed by atoms with E-state index in [1.54, 1.807) is 0 Å². The number of benzene rings is 2. The second-order valence-electron chi connectivity index (χ2n) is 7.61. The van der Waals surface area contributed by atoms with Crippen LogP contribution in [0.25, 0.3) is 6.08 Å². The molecule has 0 atom stereocenters. The fraction of sp³-hybridized carbons (Fsp3) is 0.588. The van der Waals surface area contributed by atoms with Crippen LogP contribution in [0, 0.1) is 26.7 Å². The molecule has 34 heavy (non-hydrogen) atoms. The van der Waals surface area contributed by atoms with Gasteiger partial charge in [-0.05, 0) is 72.9 Å². The molecule has 2 aromatic carbocycles. The Hall–Kier alpha value is -1.82. The fourth-order valence-electron chi connectivity index (χ4n) is 2.50. The highest BCUT2D eigenvalue weighted by atomic mass is 14.0. The fourth-order valence-corrected chi connectivity index (χ4v) is 2.50. The minimum atomic E-state index is 0. The number of rotatable bonds is 4. The molecule has 0 saturated heterocycles. The average Bonchev–Trinajstić information content (AvgIpc) is 2.86. The zero-order valence-corrected chi connectivity index (χ0v) is 25.3. The van der Waals surface area contributed by atoms with Crippen LogP contribution in [-0.2, 0) is 12.8 Å². The summed E-state index contributed by atoms with van der Waals surface area (Å²) in [4.78, 5) is 0. The van der Waals surface area contributed by atoms with Crippen molar-refractivity contribution >= 4 is 6.08 Å². The Kier molecular flexibility index (Phi) is 38.8. The standard InChI is InChI=1S/C13H18.C11H16.C3H8.3C2H6.CH4/c1-4-12-7-9-13(10-8-12)6-5-11(2)3;1-5-11-6-8(2)10(4)9(3)7-11;1-3-2;3*1-2;/h5-11H,4H2,1-3H3;6-7H,5H2,1-4H3;3H2,1-2H3;3*1-2H3;1H4/b6-5+;;;;;;. The Bertz CT molecular complexity index is 634. The van der Waals surface area contributed by atoms with Crippen LogP contribution in [0.15, 0.2) is 42.5 Å². The summed E-state index contributed by atoms with van der Waals surface area (Å²) in [5.74, 6) is 0.630. The molecule has 0 heterocycles. The summed E-state index contributed by atoms with van der Waals surface area (Å²) in [6.07, 6.45) is 7.92. The maximum atomic E-state index is 2.28. The Morgan fingerprint density at radius 1 is 0.647 bits per heavy atom. The number of hydrogen-bond acceptors (Lipinski definition) is 0. The van der Waals surface area contributed by atoms with E-state index in [1.165, 1.54) is 39.8 Å². The smallest absolute Gasteiger partial charge is 0.0260 e. The van der Waals surface area contributed by atoms with Gasteiger partial charge in [-0.15, -0.1) is 0 Å². The van der Waals surface area contributed by atoms with Crippen molar-refractivity contribution in [2.24, 2.45) is 5.92 Å². The summed E-state index contributed by atoms with van der Waals surface area (Å²) in [6, 6.07) is 13.3. The average molecular weight is 473 g/mol. The lowest BCUT2D eigenvalue weighted by Crippen LogP contribution is -1.89. The Morgan fingerprint density at radius 3 is 1.29 bits per heavy atom. The Balaban J connectivity index is -0.000000121. The number of aryl methyl sites for hydroxylation is 4. The highest BCUT2D eigenvalue weighted by Gasteiger charge is 1.98. The van der Waals surface area contributed by atoms with Crippen molar-refractivity contribution in [2.45, 2.75) is 131 Å². The predicted molar refractivity (Wildman–Crippen MR) is 166 cm³/mol. The third-order valence-corrected chi connectivity index (χ3v) is 4.46. The SMILES string of the molecule is C.CC.CC.CC.CCC.CCc1cc(C)c(C)c(C)c1.CCc1ccc(/C=C/C(C)C)cc1. The molecule has 2 aromatic rings. The van der Waals surface area contributed by atoms with E-state index in [2.05, 4.69) is 111 Å². The molecule has 0 amide bonds. The van der Waals surface area contributed by atoms with E-state index < -0.39 is 0 Å². The van der Waals surface area contributed by atoms with Gasteiger partial charge in [0.05, 0.1) is 0 Å². The second kappa shape index (κ2) is 31.2. The first-order chi connectivity index (χ1) is 15.8. The van der Waals surface area contributed by atoms with Crippen LogP contribution in [0.1, 0.15) is 130 Å². The van der Waals surface area contributed by atoms with Gasteiger partial charge in [-0.1, -0.05) is 145 Å². The third kappa shape index (κ3) is 23.3. The highest BCUT2D eigenvalue weighted by Crippen LogP contribution is 2.15. The van der Waals surface area contributed by atoms with E-state index in [1.807, 2.05) is 41.5 Å². The van der Waals surface area contributed by atoms with E-state index in [0.29, 0.717) is 5.92 Å².